The number of allylic oxidation sites excluding steroid dienone is 1. The van der Waals surface area contributed by atoms with E-state index in [0.29, 0.717) is 29.6 Å². The molecular formula is C26H25F3O3. The third-order valence-electron chi connectivity index (χ3n) is 7.80. The third kappa shape index (κ3) is 3.59. The van der Waals surface area contributed by atoms with E-state index < -0.39 is 6.36 Å². The summed E-state index contributed by atoms with van der Waals surface area (Å²) in [5, 5.41) is 9.84. The summed E-state index contributed by atoms with van der Waals surface area (Å²) in [5.41, 5.74) is 3.61. The highest BCUT2D eigenvalue weighted by atomic mass is 19.4. The SMILES string of the molecule is C[C@@]12CC[C@@H]3c4ccc(O)cc4CC[C@@H]3[C@@H]1C/C(=C\c1ccc(OC(F)(F)F)cc1)C2=O. The smallest absolute Gasteiger partial charge is 0.508 e. The highest BCUT2D eigenvalue weighted by Gasteiger charge is 2.56. The van der Waals surface area contributed by atoms with E-state index >= 15 is 0 Å². The summed E-state index contributed by atoms with van der Waals surface area (Å²) in [7, 11) is 0. The molecule has 2 fully saturated rings. The number of ether oxygens (including phenoxy) is 1. The molecule has 0 aliphatic heterocycles. The van der Waals surface area contributed by atoms with E-state index in [2.05, 4.69) is 11.7 Å². The maximum atomic E-state index is 13.4. The zero-order valence-electron chi connectivity index (χ0n) is 17.8. The summed E-state index contributed by atoms with van der Waals surface area (Å²) in [6.07, 6.45) is 1.50. The number of rotatable bonds is 2. The Morgan fingerprint density at radius 2 is 1.88 bits per heavy atom. The normalized spacial score (nSPS) is 30.6. The summed E-state index contributed by atoms with van der Waals surface area (Å²) in [4.78, 5) is 13.4. The first-order valence-corrected chi connectivity index (χ1v) is 11.1. The first-order chi connectivity index (χ1) is 15.1. The molecule has 4 atom stereocenters. The topological polar surface area (TPSA) is 46.5 Å². The Bertz CT molecular complexity index is 1090. The second kappa shape index (κ2) is 7.39. The van der Waals surface area contributed by atoms with Crippen molar-refractivity contribution >= 4 is 11.9 Å². The number of phenols is 1. The number of fused-ring (bicyclic) bond motifs is 5. The van der Waals surface area contributed by atoms with Crippen molar-refractivity contribution < 1.29 is 27.8 Å². The predicted molar refractivity (Wildman–Crippen MR) is 114 cm³/mol. The van der Waals surface area contributed by atoms with Gasteiger partial charge < -0.3 is 9.84 Å². The zero-order chi connectivity index (χ0) is 22.7. The van der Waals surface area contributed by atoms with E-state index in [0.717, 1.165) is 31.3 Å². The highest BCUT2D eigenvalue weighted by molar-refractivity contribution is 6.06. The third-order valence-corrected chi connectivity index (χ3v) is 7.80. The maximum Gasteiger partial charge on any atom is 0.573 e. The van der Waals surface area contributed by atoms with Crippen LogP contribution in [0.2, 0.25) is 0 Å². The summed E-state index contributed by atoms with van der Waals surface area (Å²) in [5.74, 6) is 1.29. The minimum atomic E-state index is -4.72. The van der Waals surface area contributed by atoms with E-state index in [4.69, 9.17) is 0 Å². The minimum Gasteiger partial charge on any atom is -0.508 e. The van der Waals surface area contributed by atoms with Crippen LogP contribution in [-0.4, -0.2) is 17.3 Å². The molecule has 1 N–H and O–H groups in total. The number of aryl methyl sites for hydroxylation is 1. The maximum absolute atomic E-state index is 13.4. The van der Waals surface area contributed by atoms with Crippen molar-refractivity contribution in [2.24, 2.45) is 17.3 Å². The number of Topliss-reactive ketones (excluding diaryl/α,β-unsaturated/α-hetero) is 1. The van der Waals surface area contributed by atoms with Crippen molar-refractivity contribution in [1.29, 1.82) is 0 Å². The zero-order valence-corrected chi connectivity index (χ0v) is 17.8. The Morgan fingerprint density at radius 1 is 1.12 bits per heavy atom. The molecule has 0 radical (unpaired) electrons. The van der Waals surface area contributed by atoms with Crippen LogP contribution in [0.25, 0.3) is 6.08 Å². The molecule has 168 valence electrons. The van der Waals surface area contributed by atoms with Crippen molar-refractivity contribution in [2.75, 3.05) is 0 Å². The molecule has 0 unspecified atom stereocenters. The lowest BCUT2D eigenvalue weighted by Gasteiger charge is -2.48. The Kier molecular flexibility index (Phi) is 4.88. The highest BCUT2D eigenvalue weighted by Crippen LogP contribution is 2.60. The number of ketones is 1. The lowest BCUT2D eigenvalue weighted by Crippen LogP contribution is -2.42. The van der Waals surface area contributed by atoms with Crippen molar-refractivity contribution in [3.05, 3.63) is 64.7 Å². The van der Waals surface area contributed by atoms with Crippen LogP contribution in [0.5, 0.6) is 11.5 Å². The van der Waals surface area contributed by atoms with Crippen LogP contribution >= 0.6 is 0 Å². The van der Waals surface area contributed by atoms with Gasteiger partial charge in [-0.05, 0) is 102 Å². The quantitative estimate of drug-likeness (QED) is 0.547. The van der Waals surface area contributed by atoms with Crippen LogP contribution in [0, 0.1) is 17.3 Å². The first kappa shape index (κ1) is 21.1. The van der Waals surface area contributed by atoms with Gasteiger partial charge in [-0.15, -0.1) is 13.2 Å². The average Bonchev–Trinajstić information content (AvgIpc) is 2.98. The van der Waals surface area contributed by atoms with Gasteiger partial charge in [-0.2, -0.15) is 0 Å². The van der Waals surface area contributed by atoms with Crippen LogP contribution in [0.1, 0.15) is 55.2 Å². The second-order valence-electron chi connectivity index (χ2n) is 9.57. The molecule has 32 heavy (non-hydrogen) atoms. The van der Waals surface area contributed by atoms with Crippen molar-refractivity contribution in [2.45, 2.75) is 51.3 Å². The van der Waals surface area contributed by atoms with Crippen LogP contribution in [0.3, 0.4) is 0 Å². The summed E-state index contributed by atoms with van der Waals surface area (Å²) >= 11 is 0. The molecule has 0 amide bonds. The minimum absolute atomic E-state index is 0.174. The molecule has 3 aliphatic carbocycles. The summed E-state index contributed by atoms with van der Waals surface area (Å²) < 4.78 is 41.1. The summed E-state index contributed by atoms with van der Waals surface area (Å²) in [6.45, 7) is 2.09. The van der Waals surface area contributed by atoms with E-state index in [-0.39, 0.29) is 22.9 Å². The van der Waals surface area contributed by atoms with E-state index in [1.165, 1.54) is 23.3 Å². The van der Waals surface area contributed by atoms with E-state index in [1.807, 2.05) is 18.2 Å². The monoisotopic (exact) mass is 442 g/mol. The number of phenolic OH excluding ortho intramolecular Hbond substituents is 1. The predicted octanol–water partition coefficient (Wildman–Crippen LogP) is 6.41. The number of hydrogen-bond donors (Lipinski definition) is 1. The molecule has 5 rings (SSSR count). The number of carbonyl (C=O) groups excluding carboxylic acids is 1. The Hall–Kier alpha value is -2.76. The van der Waals surface area contributed by atoms with Gasteiger partial charge in [0.15, 0.2) is 5.78 Å². The number of hydrogen-bond acceptors (Lipinski definition) is 3. The van der Waals surface area contributed by atoms with E-state index in [1.54, 1.807) is 18.2 Å². The van der Waals surface area contributed by atoms with Gasteiger partial charge in [-0.3, -0.25) is 4.79 Å². The summed E-state index contributed by atoms with van der Waals surface area (Å²) in [6, 6.07) is 11.3. The number of benzene rings is 2. The molecule has 2 aromatic carbocycles. The van der Waals surface area contributed by atoms with Crippen molar-refractivity contribution in [3.63, 3.8) is 0 Å². The molecule has 0 heterocycles. The molecule has 3 aliphatic rings. The molecule has 2 aromatic rings. The van der Waals surface area contributed by atoms with Gasteiger partial charge in [0.2, 0.25) is 0 Å². The Balaban J connectivity index is 1.40. The van der Waals surface area contributed by atoms with Gasteiger partial charge >= 0.3 is 6.36 Å². The van der Waals surface area contributed by atoms with Gasteiger partial charge in [0.05, 0.1) is 0 Å². The fourth-order valence-corrected chi connectivity index (χ4v) is 6.34. The van der Waals surface area contributed by atoms with Crippen LogP contribution in [0.15, 0.2) is 48.0 Å². The fraction of sp³-hybridized carbons (Fsp3) is 0.423. The molecule has 0 spiro atoms. The lowest BCUT2D eigenvalue weighted by molar-refractivity contribution is -0.274. The fourth-order valence-electron chi connectivity index (χ4n) is 6.34. The number of alkyl halides is 3. The molecule has 2 saturated carbocycles. The molecule has 0 aromatic heterocycles. The van der Waals surface area contributed by atoms with Gasteiger partial charge in [0.25, 0.3) is 0 Å². The van der Waals surface area contributed by atoms with Crippen molar-refractivity contribution in [1.82, 2.24) is 0 Å². The Morgan fingerprint density at radius 3 is 2.59 bits per heavy atom. The number of aromatic hydroxyl groups is 1. The average molecular weight is 442 g/mol. The molecule has 0 bridgehead atoms. The van der Waals surface area contributed by atoms with Crippen LogP contribution in [-0.2, 0) is 11.2 Å². The molecule has 6 heteroatoms. The van der Waals surface area contributed by atoms with Crippen LogP contribution < -0.4 is 4.74 Å². The first-order valence-electron chi connectivity index (χ1n) is 11.1. The standard InChI is InChI=1S/C26H25F3O3/c1-25-11-10-21-20-9-5-18(30)13-16(20)4-8-22(21)23(25)14-17(24(25)31)12-15-2-6-19(7-3-15)32-26(27,28)29/h2-3,5-7,9,12-13,21-23,30H,4,8,10-11,14H2,1H3/b17-12+/t21-,22+,23+,25-/m1/s1. The Labute approximate surface area is 184 Å². The number of halogens is 3. The second-order valence-corrected chi connectivity index (χ2v) is 9.57. The van der Waals surface area contributed by atoms with Gasteiger partial charge in [-0.1, -0.05) is 25.1 Å². The molecule has 0 saturated heterocycles. The van der Waals surface area contributed by atoms with Gasteiger partial charge in [0, 0.05) is 5.41 Å². The van der Waals surface area contributed by atoms with Crippen molar-refractivity contribution in [3.8, 4) is 11.5 Å². The number of carbonyl (C=O) groups is 1. The molecule has 3 nitrogen and oxygen atoms in total. The van der Waals surface area contributed by atoms with E-state index in [9.17, 15) is 23.1 Å². The van der Waals surface area contributed by atoms with Crippen LogP contribution in [0.4, 0.5) is 13.2 Å². The van der Waals surface area contributed by atoms with Gasteiger partial charge in [0.1, 0.15) is 11.5 Å². The lowest BCUT2D eigenvalue weighted by atomic mass is 9.55. The van der Waals surface area contributed by atoms with Gasteiger partial charge in [-0.25, -0.2) is 0 Å². The molecular weight excluding hydrogens is 417 g/mol. The largest absolute Gasteiger partial charge is 0.573 e.